The molecule has 0 aliphatic carbocycles. The highest BCUT2D eigenvalue weighted by Gasteiger charge is 2.25. The summed E-state index contributed by atoms with van der Waals surface area (Å²) in [5.41, 5.74) is 2.31. The Balaban J connectivity index is 2.17. The van der Waals surface area contributed by atoms with E-state index in [1.54, 1.807) is 29.2 Å². The summed E-state index contributed by atoms with van der Waals surface area (Å²) < 4.78 is 0. The average molecular weight is 288 g/mol. The van der Waals surface area contributed by atoms with Crippen LogP contribution in [-0.2, 0) is 6.54 Å². The number of carboxylic acids is 1. The SMILES string of the molecule is CC(C)C1=CN(Cc2ccc(C(=O)O)cc2)C(=O)NC1C. The second kappa shape index (κ2) is 5.99. The summed E-state index contributed by atoms with van der Waals surface area (Å²) in [7, 11) is 0. The molecule has 0 bridgehead atoms. The number of carbonyl (C=O) groups excluding carboxylic acids is 1. The van der Waals surface area contributed by atoms with Gasteiger partial charge in [-0.15, -0.1) is 0 Å². The van der Waals surface area contributed by atoms with Gasteiger partial charge in [0.25, 0.3) is 0 Å². The Morgan fingerprint density at radius 2 is 1.95 bits per heavy atom. The molecule has 1 unspecified atom stereocenters. The first kappa shape index (κ1) is 15.1. The number of nitrogens with one attached hydrogen (secondary N) is 1. The van der Waals surface area contributed by atoms with Crippen LogP contribution in [0.15, 0.2) is 36.0 Å². The predicted octanol–water partition coefficient (Wildman–Crippen LogP) is 2.84. The molecule has 112 valence electrons. The number of rotatable bonds is 4. The van der Waals surface area contributed by atoms with Crippen LogP contribution in [0.2, 0.25) is 0 Å². The minimum absolute atomic E-state index is 0.0446. The van der Waals surface area contributed by atoms with Gasteiger partial charge in [0.05, 0.1) is 18.2 Å². The monoisotopic (exact) mass is 288 g/mol. The van der Waals surface area contributed by atoms with Crippen LogP contribution in [-0.4, -0.2) is 28.0 Å². The van der Waals surface area contributed by atoms with Crippen LogP contribution in [0.5, 0.6) is 0 Å². The fourth-order valence-corrected chi connectivity index (χ4v) is 2.42. The van der Waals surface area contributed by atoms with E-state index >= 15 is 0 Å². The number of urea groups is 1. The third-order valence-electron chi connectivity index (χ3n) is 3.63. The number of aromatic carboxylic acids is 1. The van der Waals surface area contributed by atoms with Gasteiger partial charge in [0, 0.05) is 6.20 Å². The minimum Gasteiger partial charge on any atom is -0.478 e. The molecular weight excluding hydrogens is 268 g/mol. The van der Waals surface area contributed by atoms with Gasteiger partial charge >= 0.3 is 12.0 Å². The molecule has 1 atom stereocenters. The van der Waals surface area contributed by atoms with Gasteiger partial charge in [-0.3, -0.25) is 4.90 Å². The zero-order valence-corrected chi connectivity index (χ0v) is 12.5. The first-order valence-electron chi connectivity index (χ1n) is 6.99. The van der Waals surface area contributed by atoms with Crippen molar-refractivity contribution in [2.75, 3.05) is 0 Å². The van der Waals surface area contributed by atoms with Crippen molar-refractivity contribution < 1.29 is 14.7 Å². The maximum Gasteiger partial charge on any atom is 0.335 e. The van der Waals surface area contributed by atoms with Crippen molar-refractivity contribution in [1.29, 1.82) is 0 Å². The number of nitrogens with zero attached hydrogens (tertiary/aromatic N) is 1. The molecular formula is C16H20N2O3. The first-order valence-corrected chi connectivity index (χ1v) is 6.99. The quantitative estimate of drug-likeness (QED) is 0.895. The van der Waals surface area contributed by atoms with Crippen molar-refractivity contribution in [3.63, 3.8) is 0 Å². The third kappa shape index (κ3) is 3.42. The van der Waals surface area contributed by atoms with E-state index in [2.05, 4.69) is 19.2 Å². The van der Waals surface area contributed by atoms with Crippen LogP contribution in [0.3, 0.4) is 0 Å². The van der Waals surface area contributed by atoms with Gasteiger partial charge < -0.3 is 10.4 Å². The van der Waals surface area contributed by atoms with Crippen molar-refractivity contribution >= 4 is 12.0 Å². The van der Waals surface area contributed by atoms with E-state index in [0.717, 1.165) is 5.56 Å². The largest absolute Gasteiger partial charge is 0.478 e. The second-order valence-electron chi connectivity index (χ2n) is 5.58. The van der Waals surface area contributed by atoms with E-state index < -0.39 is 5.97 Å². The van der Waals surface area contributed by atoms with E-state index in [0.29, 0.717) is 12.5 Å². The smallest absolute Gasteiger partial charge is 0.335 e. The summed E-state index contributed by atoms with van der Waals surface area (Å²) in [4.78, 5) is 24.5. The summed E-state index contributed by atoms with van der Waals surface area (Å²) in [5, 5.41) is 11.8. The number of hydrogen-bond acceptors (Lipinski definition) is 2. The lowest BCUT2D eigenvalue weighted by molar-refractivity contribution is 0.0697. The third-order valence-corrected chi connectivity index (χ3v) is 3.63. The lowest BCUT2D eigenvalue weighted by Crippen LogP contribution is -2.47. The van der Waals surface area contributed by atoms with Crippen LogP contribution in [0, 0.1) is 5.92 Å². The van der Waals surface area contributed by atoms with Gasteiger partial charge in [-0.25, -0.2) is 9.59 Å². The Morgan fingerprint density at radius 1 is 1.33 bits per heavy atom. The van der Waals surface area contributed by atoms with E-state index in [4.69, 9.17) is 5.11 Å². The van der Waals surface area contributed by atoms with Crippen LogP contribution in [0.1, 0.15) is 36.7 Å². The number of carboxylic acid groups (broad SMARTS) is 1. The van der Waals surface area contributed by atoms with E-state index in [1.165, 1.54) is 5.57 Å². The molecule has 1 aromatic carbocycles. The fourth-order valence-electron chi connectivity index (χ4n) is 2.42. The molecule has 5 nitrogen and oxygen atoms in total. The summed E-state index contributed by atoms with van der Waals surface area (Å²) in [6, 6.07) is 6.48. The molecule has 2 amide bonds. The van der Waals surface area contributed by atoms with Crippen LogP contribution in [0.4, 0.5) is 4.79 Å². The fraction of sp³-hybridized carbons (Fsp3) is 0.375. The van der Waals surface area contributed by atoms with Crippen LogP contribution in [0.25, 0.3) is 0 Å². The molecule has 0 spiro atoms. The maximum atomic E-state index is 12.0. The molecule has 1 aromatic rings. The van der Waals surface area contributed by atoms with Gasteiger partial charge in [-0.05, 0) is 36.1 Å². The molecule has 0 fully saturated rings. The van der Waals surface area contributed by atoms with E-state index in [9.17, 15) is 9.59 Å². The molecule has 0 saturated heterocycles. The van der Waals surface area contributed by atoms with Crippen molar-refractivity contribution in [2.24, 2.45) is 5.92 Å². The van der Waals surface area contributed by atoms with Gasteiger partial charge in [-0.1, -0.05) is 26.0 Å². The topological polar surface area (TPSA) is 69.6 Å². The maximum absolute atomic E-state index is 12.0. The zero-order valence-electron chi connectivity index (χ0n) is 12.5. The molecule has 0 radical (unpaired) electrons. The molecule has 0 saturated carbocycles. The van der Waals surface area contributed by atoms with Gasteiger partial charge in [0.15, 0.2) is 0 Å². The molecule has 1 heterocycles. The normalized spacial score (nSPS) is 18.5. The van der Waals surface area contributed by atoms with Gasteiger partial charge in [0.2, 0.25) is 0 Å². The molecule has 1 aliphatic rings. The molecule has 0 aromatic heterocycles. The standard InChI is InChI=1S/C16H20N2O3/c1-10(2)14-9-18(16(21)17-11(14)3)8-12-4-6-13(7-5-12)15(19)20/h4-7,9-11H,8H2,1-3H3,(H,17,21)(H,19,20). The number of benzene rings is 1. The number of amides is 2. The van der Waals surface area contributed by atoms with Crippen LogP contribution < -0.4 is 5.32 Å². The molecule has 1 aliphatic heterocycles. The highest BCUT2D eigenvalue weighted by Crippen LogP contribution is 2.21. The highest BCUT2D eigenvalue weighted by molar-refractivity contribution is 5.87. The summed E-state index contributed by atoms with van der Waals surface area (Å²) in [5.74, 6) is -0.592. The summed E-state index contributed by atoms with van der Waals surface area (Å²) >= 11 is 0. The second-order valence-corrected chi connectivity index (χ2v) is 5.58. The number of carbonyl (C=O) groups is 2. The van der Waals surface area contributed by atoms with E-state index in [-0.39, 0.29) is 17.6 Å². The molecule has 2 N–H and O–H groups in total. The van der Waals surface area contributed by atoms with Gasteiger partial charge in [0.1, 0.15) is 0 Å². The van der Waals surface area contributed by atoms with Gasteiger partial charge in [-0.2, -0.15) is 0 Å². The lowest BCUT2D eigenvalue weighted by atomic mass is 9.96. The molecule has 2 rings (SSSR count). The Kier molecular flexibility index (Phi) is 4.31. The average Bonchev–Trinajstić information content (AvgIpc) is 2.42. The Hall–Kier alpha value is -2.30. The van der Waals surface area contributed by atoms with Crippen molar-refractivity contribution in [3.8, 4) is 0 Å². The first-order chi connectivity index (χ1) is 9.88. The Morgan fingerprint density at radius 3 is 2.48 bits per heavy atom. The van der Waals surface area contributed by atoms with Crippen molar-refractivity contribution in [1.82, 2.24) is 10.2 Å². The van der Waals surface area contributed by atoms with E-state index in [1.807, 2.05) is 13.1 Å². The summed E-state index contributed by atoms with van der Waals surface area (Å²) in [6.07, 6.45) is 1.90. The van der Waals surface area contributed by atoms with Crippen molar-refractivity contribution in [2.45, 2.75) is 33.4 Å². The molecule has 21 heavy (non-hydrogen) atoms. The lowest BCUT2D eigenvalue weighted by Gasteiger charge is -2.32. The molecule has 5 heteroatoms. The van der Waals surface area contributed by atoms with Crippen molar-refractivity contribution in [3.05, 3.63) is 47.2 Å². The minimum atomic E-state index is -0.951. The van der Waals surface area contributed by atoms with Crippen LogP contribution >= 0.6 is 0 Å². The Bertz CT molecular complexity index is 576. The Labute approximate surface area is 124 Å². The highest BCUT2D eigenvalue weighted by atomic mass is 16.4. The zero-order chi connectivity index (χ0) is 15.6. The summed E-state index contributed by atoms with van der Waals surface area (Å²) in [6.45, 7) is 6.59. The predicted molar refractivity (Wildman–Crippen MR) is 79.9 cm³/mol. The number of hydrogen-bond donors (Lipinski definition) is 2.